The number of nitrogens with two attached hydrogens (primary N) is 1. The quantitative estimate of drug-likeness (QED) is 0.759. The Hall–Kier alpha value is -1.51. The van der Waals surface area contributed by atoms with Crippen molar-refractivity contribution in [2.75, 3.05) is 0 Å². The largest absolute Gasteiger partial charge is 0.417 e. The molecular formula is C13H14F3NO. The minimum Gasteiger partial charge on any atom is -0.381 e. The monoisotopic (exact) mass is 257 g/mol. The van der Waals surface area contributed by atoms with Crippen LogP contribution in [-0.4, -0.2) is 11.2 Å². The Bertz CT molecular complexity index is 481. The molecule has 0 aliphatic heterocycles. The van der Waals surface area contributed by atoms with Crippen molar-refractivity contribution in [2.24, 2.45) is 5.73 Å². The Labute approximate surface area is 104 Å². The van der Waals surface area contributed by atoms with Crippen LogP contribution in [0.1, 0.15) is 36.6 Å². The molecule has 1 rings (SSSR count). The van der Waals surface area contributed by atoms with Crippen LogP contribution in [0.25, 0.3) is 0 Å². The van der Waals surface area contributed by atoms with Crippen LogP contribution in [0, 0.1) is 11.8 Å². The van der Waals surface area contributed by atoms with Crippen LogP contribution in [0.2, 0.25) is 0 Å². The number of aliphatic hydroxyl groups is 1. The van der Waals surface area contributed by atoms with Crippen molar-refractivity contribution in [1.29, 1.82) is 0 Å². The van der Waals surface area contributed by atoms with E-state index >= 15 is 0 Å². The molecule has 1 aromatic rings. The minimum atomic E-state index is -4.49. The number of benzene rings is 1. The Kier molecular flexibility index (Phi) is 4.38. The van der Waals surface area contributed by atoms with Gasteiger partial charge in [-0.2, -0.15) is 13.2 Å². The smallest absolute Gasteiger partial charge is 0.381 e. The Balaban J connectivity index is 3.46. The van der Waals surface area contributed by atoms with Gasteiger partial charge in [0.05, 0.1) is 5.56 Å². The van der Waals surface area contributed by atoms with E-state index < -0.39 is 23.9 Å². The summed E-state index contributed by atoms with van der Waals surface area (Å²) in [6.45, 7) is 2.97. The van der Waals surface area contributed by atoms with Crippen LogP contribution in [0.15, 0.2) is 18.2 Å². The lowest BCUT2D eigenvalue weighted by atomic mass is 9.96. The van der Waals surface area contributed by atoms with Gasteiger partial charge < -0.3 is 10.8 Å². The lowest BCUT2D eigenvalue weighted by molar-refractivity contribution is -0.137. The molecule has 2 atom stereocenters. The maximum absolute atomic E-state index is 12.8. The summed E-state index contributed by atoms with van der Waals surface area (Å²) in [5.74, 6) is 4.69. The summed E-state index contributed by atoms with van der Waals surface area (Å²) in [4.78, 5) is 0. The van der Waals surface area contributed by atoms with Gasteiger partial charge in [-0.3, -0.25) is 0 Å². The van der Waals surface area contributed by atoms with E-state index in [9.17, 15) is 13.2 Å². The minimum absolute atomic E-state index is 0.166. The molecule has 0 saturated heterocycles. The van der Waals surface area contributed by atoms with E-state index in [-0.39, 0.29) is 5.56 Å². The zero-order chi connectivity index (χ0) is 13.9. The normalized spacial score (nSPS) is 14.6. The second kappa shape index (κ2) is 5.42. The number of halogens is 3. The molecule has 0 fully saturated rings. The van der Waals surface area contributed by atoms with Crippen LogP contribution in [0.3, 0.4) is 0 Å². The number of rotatable bonds is 1. The molecule has 98 valence electrons. The fraction of sp³-hybridized carbons (Fsp3) is 0.385. The maximum atomic E-state index is 12.8. The molecule has 0 amide bonds. The predicted octanol–water partition coefficient (Wildman–Crippen LogP) is 2.46. The molecule has 0 radical (unpaired) electrons. The Morgan fingerprint density at radius 3 is 2.33 bits per heavy atom. The second-order valence-corrected chi connectivity index (χ2v) is 4.00. The average Bonchev–Trinajstić information content (AvgIpc) is 2.24. The molecule has 0 bridgehead atoms. The molecule has 0 heterocycles. The number of hydrogen-bond acceptors (Lipinski definition) is 2. The van der Waals surface area contributed by atoms with Gasteiger partial charge in [0.2, 0.25) is 0 Å². The van der Waals surface area contributed by atoms with Crippen LogP contribution in [0.5, 0.6) is 0 Å². The first-order chi connectivity index (χ1) is 8.23. The lowest BCUT2D eigenvalue weighted by Crippen LogP contribution is -2.14. The molecule has 0 spiro atoms. The molecule has 0 aromatic heterocycles. The molecule has 2 nitrogen and oxygen atoms in total. The molecule has 3 N–H and O–H groups in total. The first-order valence-electron chi connectivity index (χ1n) is 5.38. The molecule has 0 saturated carbocycles. The summed E-state index contributed by atoms with van der Waals surface area (Å²) in [6, 6.07) is 3.20. The van der Waals surface area contributed by atoms with E-state index in [0.29, 0.717) is 5.56 Å². The van der Waals surface area contributed by atoms with Crippen molar-refractivity contribution >= 4 is 0 Å². The highest BCUT2D eigenvalue weighted by Gasteiger charge is 2.34. The summed E-state index contributed by atoms with van der Waals surface area (Å²) in [7, 11) is 0. The average molecular weight is 257 g/mol. The molecule has 18 heavy (non-hydrogen) atoms. The van der Waals surface area contributed by atoms with Crippen LogP contribution in [0.4, 0.5) is 13.2 Å². The van der Waals surface area contributed by atoms with Gasteiger partial charge >= 0.3 is 6.18 Å². The third-order valence-corrected chi connectivity index (χ3v) is 2.30. The first kappa shape index (κ1) is 14.6. The Morgan fingerprint density at radius 1 is 1.28 bits per heavy atom. The topological polar surface area (TPSA) is 46.2 Å². The van der Waals surface area contributed by atoms with Gasteiger partial charge in [-0.15, -0.1) is 0 Å². The number of aliphatic hydroxyl groups excluding tert-OH is 1. The highest BCUT2D eigenvalue weighted by molar-refractivity contribution is 5.50. The van der Waals surface area contributed by atoms with E-state index in [0.717, 1.165) is 6.07 Å². The summed E-state index contributed by atoms with van der Waals surface area (Å²) in [5, 5.41) is 9.05. The van der Waals surface area contributed by atoms with Crippen molar-refractivity contribution in [3.05, 3.63) is 34.9 Å². The summed E-state index contributed by atoms with van der Waals surface area (Å²) in [6.07, 6.45) is -5.49. The van der Waals surface area contributed by atoms with Crippen LogP contribution < -0.4 is 5.73 Å². The van der Waals surface area contributed by atoms with Gasteiger partial charge in [-0.25, -0.2) is 0 Å². The van der Waals surface area contributed by atoms with Gasteiger partial charge in [0.25, 0.3) is 0 Å². The molecule has 0 aliphatic rings. The summed E-state index contributed by atoms with van der Waals surface area (Å²) < 4.78 is 38.5. The first-order valence-corrected chi connectivity index (χ1v) is 5.38. The Morgan fingerprint density at radius 2 is 1.89 bits per heavy atom. The van der Waals surface area contributed by atoms with E-state index in [4.69, 9.17) is 10.8 Å². The lowest BCUT2D eigenvalue weighted by Gasteiger charge is -2.15. The van der Waals surface area contributed by atoms with E-state index in [2.05, 4.69) is 11.8 Å². The molecular weight excluding hydrogens is 243 g/mol. The van der Waals surface area contributed by atoms with Crippen molar-refractivity contribution in [2.45, 2.75) is 32.2 Å². The third-order valence-electron chi connectivity index (χ3n) is 2.30. The molecule has 1 aromatic carbocycles. The van der Waals surface area contributed by atoms with E-state index in [1.165, 1.54) is 19.1 Å². The van der Waals surface area contributed by atoms with Crippen LogP contribution >= 0.6 is 0 Å². The summed E-state index contributed by atoms with van der Waals surface area (Å²) in [5.41, 5.74) is 4.96. The highest BCUT2D eigenvalue weighted by atomic mass is 19.4. The molecule has 1 unspecified atom stereocenters. The summed E-state index contributed by atoms with van der Waals surface area (Å²) >= 11 is 0. The van der Waals surface area contributed by atoms with Crippen molar-refractivity contribution in [3.8, 4) is 11.8 Å². The zero-order valence-corrected chi connectivity index (χ0v) is 10.0. The van der Waals surface area contributed by atoms with Crippen molar-refractivity contribution in [1.82, 2.24) is 0 Å². The fourth-order valence-corrected chi connectivity index (χ4v) is 1.50. The standard InChI is InChI=1S/C13H14F3NO/c1-8(18)6-7-11-10(9(2)17)4-3-5-12(11)13(14,15)16/h3-5,8-9,18H,17H2,1-2H3/t8?,9-/m1/s1. The number of alkyl halides is 3. The van der Waals surface area contributed by atoms with Crippen LogP contribution in [-0.2, 0) is 6.18 Å². The van der Waals surface area contributed by atoms with Crippen molar-refractivity contribution in [3.63, 3.8) is 0 Å². The van der Waals surface area contributed by atoms with Gasteiger partial charge in [0.1, 0.15) is 6.10 Å². The second-order valence-electron chi connectivity index (χ2n) is 4.00. The zero-order valence-electron chi connectivity index (χ0n) is 10.0. The third kappa shape index (κ3) is 3.49. The molecule has 0 aliphatic carbocycles. The number of hydrogen-bond donors (Lipinski definition) is 2. The molecule has 5 heteroatoms. The van der Waals surface area contributed by atoms with Crippen molar-refractivity contribution < 1.29 is 18.3 Å². The van der Waals surface area contributed by atoms with Gasteiger partial charge in [-0.1, -0.05) is 24.0 Å². The van der Waals surface area contributed by atoms with E-state index in [1.54, 1.807) is 6.92 Å². The predicted molar refractivity (Wildman–Crippen MR) is 62.6 cm³/mol. The highest BCUT2D eigenvalue weighted by Crippen LogP contribution is 2.34. The fourth-order valence-electron chi connectivity index (χ4n) is 1.50. The van der Waals surface area contributed by atoms with Gasteiger partial charge in [0.15, 0.2) is 0 Å². The van der Waals surface area contributed by atoms with Gasteiger partial charge in [-0.05, 0) is 25.5 Å². The maximum Gasteiger partial charge on any atom is 0.417 e. The van der Waals surface area contributed by atoms with Gasteiger partial charge in [0, 0.05) is 11.6 Å². The SMILES string of the molecule is CC(O)C#Cc1c([C@@H](C)N)cccc1C(F)(F)F. The van der Waals surface area contributed by atoms with E-state index in [1.807, 2.05) is 0 Å².